The van der Waals surface area contributed by atoms with E-state index in [9.17, 15) is 23.7 Å². The largest absolute Gasteiger partial charge is 0.465 e. The highest BCUT2D eigenvalue weighted by Gasteiger charge is 2.24. The van der Waals surface area contributed by atoms with Crippen molar-refractivity contribution >= 4 is 40.0 Å². The maximum atomic E-state index is 12.7. The van der Waals surface area contributed by atoms with E-state index < -0.39 is 22.2 Å². The first-order valence-corrected chi connectivity index (χ1v) is 13.2. The second kappa shape index (κ2) is 12.4. The molecular weight excluding hydrogens is 534 g/mol. The molecule has 0 amide bonds. The quantitative estimate of drug-likeness (QED) is 0.102. The number of hydrogen-bond acceptors (Lipinski definition) is 7. The Balaban J connectivity index is 1.70. The van der Waals surface area contributed by atoms with Crippen LogP contribution in [-0.4, -0.2) is 33.8 Å². The van der Waals surface area contributed by atoms with Gasteiger partial charge in [-0.05, 0) is 48.9 Å². The van der Waals surface area contributed by atoms with E-state index in [1.807, 2.05) is 37.3 Å². The number of benzene rings is 4. The molecule has 0 fully saturated rings. The zero-order chi connectivity index (χ0) is 28.8. The fourth-order valence-corrected chi connectivity index (χ4v) is 4.76. The summed E-state index contributed by atoms with van der Waals surface area (Å²) >= 11 is -2.50. The number of nitrogens with zero attached hydrogens (tertiary/aromatic N) is 3. The second-order valence-corrected chi connectivity index (χ2v) is 9.71. The first kappa shape index (κ1) is 28.3. The van der Waals surface area contributed by atoms with Crippen molar-refractivity contribution in [1.29, 1.82) is 0 Å². The monoisotopic (exact) mass is 561 g/mol. The van der Waals surface area contributed by atoms with Gasteiger partial charge in [-0.2, -0.15) is 0 Å². The zero-order valence-electron chi connectivity index (χ0n) is 22.0. The van der Waals surface area contributed by atoms with Crippen molar-refractivity contribution in [3.8, 4) is 11.5 Å². The van der Waals surface area contributed by atoms with Crippen LogP contribution >= 0.6 is 0 Å². The number of anilines is 3. The van der Waals surface area contributed by atoms with E-state index in [0.29, 0.717) is 23.7 Å². The lowest BCUT2D eigenvalue weighted by Crippen LogP contribution is -2.22. The lowest BCUT2D eigenvalue weighted by atomic mass is 10.1. The molecule has 4 aromatic carbocycles. The molecule has 0 spiro atoms. The van der Waals surface area contributed by atoms with Crippen molar-refractivity contribution in [2.45, 2.75) is 13.5 Å². The predicted octanol–water partition coefficient (Wildman–Crippen LogP) is 6.39. The lowest BCUT2D eigenvalue weighted by Gasteiger charge is -2.23. The van der Waals surface area contributed by atoms with Gasteiger partial charge in [0, 0.05) is 25.7 Å². The van der Waals surface area contributed by atoms with Crippen LogP contribution in [0.5, 0.6) is 11.5 Å². The van der Waals surface area contributed by atoms with Gasteiger partial charge in [0.05, 0.1) is 29.0 Å². The summed E-state index contributed by atoms with van der Waals surface area (Å²) in [5.74, 6) is -0.220. The van der Waals surface area contributed by atoms with Crippen LogP contribution in [0.25, 0.3) is 0 Å². The SMILES string of the molecule is COC(=O)c1cc(Oc2ccc([N+](=O)[O-])c(N(C)Cc3ccccc3)c2)ccc1N(c1ccc(C)cc1)S(=O)O. The first-order chi connectivity index (χ1) is 19.2. The Morgan fingerprint density at radius 1 is 0.950 bits per heavy atom. The Hall–Kier alpha value is -4.74. The third kappa shape index (κ3) is 6.45. The highest BCUT2D eigenvalue weighted by Crippen LogP contribution is 2.37. The van der Waals surface area contributed by atoms with Gasteiger partial charge in [-0.25, -0.2) is 13.3 Å². The van der Waals surface area contributed by atoms with Crippen molar-refractivity contribution in [2.24, 2.45) is 0 Å². The van der Waals surface area contributed by atoms with Gasteiger partial charge in [0.1, 0.15) is 17.2 Å². The highest BCUT2D eigenvalue weighted by atomic mass is 32.2. The first-order valence-electron chi connectivity index (χ1n) is 12.1. The summed E-state index contributed by atoms with van der Waals surface area (Å²) in [6.45, 7) is 2.32. The Labute approximate surface area is 234 Å². The number of nitro groups is 1. The van der Waals surface area contributed by atoms with Crippen LogP contribution in [0.1, 0.15) is 21.5 Å². The number of rotatable bonds is 10. The van der Waals surface area contributed by atoms with E-state index in [1.165, 1.54) is 37.4 Å². The molecule has 0 aliphatic rings. The number of carbonyl (C=O) groups excluding carboxylic acids is 1. The maximum Gasteiger partial charge on any atom is 0.340 e. The average Bonchev–Trinajstić information content (AvgIpc) is 2.94. The molecule has 1 atom stereocenters. The van der Waals surface area contributed by atoms with Gasteiger partial charge in [-0.1, -0.05) is 48.0 Å². The maximum absolute atomic E-state index is 12.7. The van der Waals surface area contributed by atoms with Gasteiger partial charge in [0.2, 0.25) is 0 Å². The van der Waals surface area contributed by atoms with Gasteiger partial charge >= 0.3 is 5.97 Å². The number of carbonyl (C=O) groups is 1. The Morgan fingerprint density at radius 3 is 2.23 bits per heavy atom. The molecule has 0 bridgehead atoms. The van der Waals surface area contributed by atoms with Gasteiger partial charge in [0.15, 0.2) is 0 Å². The molecule has 4 aromatic rings. The standard InChI is InChI=1S/C29H27N3O7S/c1-20-9-11-22(12-10-20)31(40(36)37)26-15-13-23(17-25(26)29(33)38-3)39-24-14-16-27(32(34)35)28(18-24)30(2)19-21-7-5-4-6-8-21/h4-18H,19H2,1-3H3,(H,36,37). The minimum absolute atomic E-state index is 0.00805. The minimum atomic E-state index is -2.50. The normalized spacial score (nSPS) is 11.4. The smallest absolute Gasteiger partial charge is 0.340 e. The molecule has 11 heteroatoms. The summed E-state index contributed by atoms with van der Waals surface area (Å²) in [4.78, 5) is 25.7. The van der Waals surface area contributed by atoms with Crippen LogP contribution < -0.4 is 13.9 Å². The summed E-state index contributed by atoms with van der Waals surface area (Å²) < 4.78 is 34.4. The van der Waals surface area contributed by atoms with Gasteiger partial charge in [0.25, 0.3) is 17.0 Å². The predicted molar refractivity (Wildman–Crippen MR) is 154 cm³/mol. The van der Waals surface area contributed by atoms with Crippen molar-refractivity contribution < 1.29 is 28.0 Å². The third-order valence-corrected chi connectivity index (χ3v) is 6.79. The number of ether oxygens (including phenoxy) is 2. The fourth-order valence-electron chi connectivity index (χ4n) is 4.13. The minimum Gasteiger partial charge on any atom is -0.465 e. The lowest BCUT2D eigenvalue weighted by molar-refractivity contribution is -0.384. The third-order valence-electron chi connectivity index (χ3n) is 6.07. The van der Waals surface area contributed by atoms with E-state index in [0.717, 1.165) is 15.4 Å². The van der Waals surface area contributed by atoms with Gasteiger partial charge in [-0.15, -0.1) is 0 Å². The second-order valence-electron chi connectivity index (χ2n) is 8.88. The van der Waals surface area contributed by atoms with Crippen LogP contribution in [0.4, 0.5) is 22.7 Å². The van der Waals surface area contributed by atoms with Crippen LogP contribution in [-0.2, 0) is 22.5 Å². The van der Waals surface area contributed by atoms with Crippen molar-refractivity contribution in [3.63, 3.8) is 0 Å². The topological polar surface area (TPSA) is 122 Å². The van der Waals surface area contributed by atoms with Crippen LogP contribution in [0, 0.1) is 17.0 Å². The Morgan fingerprint density at radius 2 is 1.60 bits per heavy atom. The molecule has 0 aromatic heterocycles. The summed E-state index contributed by atoms with van der Waals surface area (Å²) in [6.07, 6.45) is 0. The van der Waals surface area contributed by atoms with E-state index in [-0.39, 0.29) is 22.7 Å². The number of hydrogen-bond donors (Lipinski definition) is 1. The molecule has 1 N–H and O–H groups in total. The van der Waals surface area contributed by atoms with Crippen molar-refractivity contribution in [1.82, 2.24) is 0 Å². The van der Waals surface area contributed by atoms with Crippen molar-refractivity contribution in [3.05, 3.63) is 118 Å². The molecule has 0 radical (unpaired) electrons. The number of aryl methyl sites for hydroxylation is 1. The van der Waals surface area contributed by atoms with Gasteiger partial charge in [-0.3, -0.25) is 14.7 Å². The molecule has 0 saturated heterocycles. The van der Waals surface area contributed by atoms with Gasteiger partial charge < -0.3 is 14.4 Å². The van der Waals surface area contributed by atoms with E-state index >= 15 is 0 Å². The highest BCUT2D eigenvalue weighted by molar-refractivity contribution is 7.81. The number of nitro benzene ring substituents is 1. The van der Waals surface area contributed by atoms with E-state index in [2.05, 4.69) is 0 Å². The summed E-state index contributed by atoms with van der Waals surface area (Å²) in [7, 11) is 2.95. The molecule has 10 nitrogen and oxygen atoms in total. The van der Waals surface area contributed by atoms with E-state index in [4.69, 9.17) is 9.47 Å². The van der Waals surface area contributed by atoms with E-state index in [1.54, 1.807) is 42.3 Å². The molecule has 0 aliphatic carbocycles. The molecular formula is C29H27N3O7S. The summed E-state index contributed by atoms with van der Waals surface area (Å²) in [5, 5.41) is 11.7. The molecule has 206 valence electrons. The number of esters is 1. The van der Waals surface area contributed by atoms with Crippen LogP contribution in [0.15, 0.2) is 91.0 Å². The molecule has 0 aliphatic heterocycles. The Bertz CT molecular complexity index is 1550. The molecule has 0 saturated carbocycles. The Kier molecular flexibility index (Phi) is 8.77. The molecule has 4 rings (SSSR count). The summed E-state index contributed by atoms with van der Waals surface area (Å²) in [6, 6.07) is 25.2. The average molecular weight is 562 g/mol. The zero-order valence-corrected chi connectivity index (χ0v) is 22.8. The van der Waals surface area contributed by atoms with Crippen molar-refractivity contribution in [2.75, 3.05) is 23.4 Å². The summed E-state index contributed by atoms with van der Waals surface area (Å²) in [5.41, 5.74) is 2.71. The van der Waals surface area contributed by atoms with Crippen LogP contribution in [0.3, 0.4) is 0 Å². The fraction of sp³-hybridized carbons (Fsp3) is 0.138. The molecule has 1 unspecified atom stereocenters. The number of methoxy groups -OCH3 is 1. The van der Waals surface area contributed by atoms with Crippen LogP contribution in [0.2, 0.25) is 0 Å². The molecule has 40 heavy (non-hydrogen) atoms. The molecule has 0 heterocycles.